The molecule has 0 heterocycles. The molecule has 0 aliphatic carbocycles. The van der Waals surface area contributed by atoms with Crippen LogP contribution in [0, 0.1) is 0 Å². The molecule has 0 aromatic heterocycles. The predicted octanol–water partition coefficient (Wildman–Crippen LogP) is 13.4. The summed E-state index contributed by atoms with van der Waals surface area (Å²) in [5.41, 5.74) is 1.57. The average Bonchev–Trinajstić information content (AvgIpc) is 3.12. The van der Waals surface area contributed by atoms with Gasteiger partial charge in [-0.05, 0) is 90.7 Å². The van der Waals surface area contributed by atoms with Gasteiger partial charge in [-0.2, -0.15) is 0 Å². The van der Waals surface area contributed by atoms with E-state index >= 15 is 0 Å². The van der Waals surface area contributed by atoms with Crippen LogP contribution in [0.25, 0.3) is 0 Å². The van der Waals surface area contributed by atoms with Gasteiger partial charge in [-0.25, -0.2) is 4.39 Å². The molecule has 0 fully saturated rings. The van der Waals surface area contributed by atoms with E-state index in [4.69, 9.17) is 0 Å². The highest BCUT2D eigenvalue weighted by atomic mass is 32.2. The molecule has 0 aliphatic rings. The van der Waals surface area contributed by atoms with Gasteiger partial charge >= 0.3 is 0 Å². The zero-order chi connectivity index (χ0) is 34.8. The molecule has 6 rings (SSSR count). The summed E-state index contributed by atoms with van der Waals surface area (Å²) in [5, 5.41) is 0. The van der Waals surface area contributed by atoms with E-state index in [2.05, 4.69) is 203 Å². The lowest BCUT2D eigenvalue weighted by molar-refractivity contribution is 0.589. The Balaban J connectivity index is 0.000000227. The van der Waals surface area contributed by atoms with Crippen molar-refractivity contribution in [3.05, 3.63) is 194 Å². The minimum absolute atomic E-state index is 0.0146. The molecular formula is C45H49FS2+2. The molecule has 0 atom stereocenters. The van der Waals surface area contributed by atoms with Crippen molar-refractivity contribution in [3.63, 3.8) is 0 Å². The zero-order valence-electron chi connectivity index (χ0n) is 29.1. The van der Waals surface area contributed by atoms with Gasteiger partial charge in [0.15, 0.2) is 29.4 Å². The molecule has 0 amide bonds. The molecule has 0 N–H and O–H groups in total. The van der Waals surface area contributed by atoms with Crippen LogP contribution in [0.2, 0.25) is 0 Å². The van der Waals surface area contributed by atoms with Crippen LogP contribution in [0.4, 0.5) is 4.39 Å². The normalized spacial score (nSPS) is 10.4. The molecule has 0 spiro atoms. The molecule has 0 saturated heterocycles. The molecule has 0 aliphatic heterocycles. The lowest BCUT2D eigenvalue weighted by Crippen LogP contribution is -2.11. The topological polar surface area (TPSA) is 0 Å². The van der Waals surface area contributed by atoms with Crippen molar-refractivity contribution in [1.29, 1.82) is 0 Å². The standard InChI is InChI=1S/C22H23S.C18H15S.C3H5F.C2H6/c1-22(2,3)18-14-16-21(17-15-18)23(19-10-6-4-7-11-19)20-12-8-5-9-13-20;1-4-10-16(11-5-1)19(17-12-6-2-7-13-17)18-14-8-3-9-15-18;1-3(2)4;1-2/h4-17H,1-3H3;1-15H;1H2,2H3;1-2H3/q2*+1;;. The van der Waals surface area contributed by atoms with Gasteiger partial charge in [-0.1, -0.05) is 144 Å². The second kappa shape index (κ2) is 20.1. The van der Waals surface area contributed by atoms with Crippen LogP contribution in [0.5, 0.6) is 0 Å². The summed E-state index contributed by atoms with van der Waals surface area (Å²) < 4.78 is 10.8. The summed E-state index contributed by atoms with van der Waals surface area (Å²) in [6.07, 6.45) is 0. The fourth-order valence-corrected chi connectivity index (χ4v) is 8.88. The monoisotopic (exact) mass is 672 g/mol. The van der Waals surface area contributed by atoms with Crippen molar-refractivity contribution in [2.45, 2.75) is 76.3 Å². The highest BCUT2D eigenvalue weighted by Crippen LogP contribution is 2.33. The number of hydrogen-bond donors (Lipinski definition) is 0. The lowest BCUT2D eigenvalue weighted by atomic mass is 9.87. The van der Waals surface area contributed by atoms with Gasteiger partial charge in [0, 0.05) is 0 Å². The highest BCUT2D eigenvalue weighted by molar-refractivity contribution is 7.97. The second-order valence-electron chi connectivity index (χ2n) is 11.6. The third-order valence-electron chi connectivity index (χ3n) is 6.85. The number of allylic oxidation sites excluding steroid dienone is 1. The average molecular weight is 673 g/mol. The summed E-state index contributed by atoms with van der Waals surface area (Å²) in [7, 11) is -0.0643. The largest absolute Gasteiger partial charge is 0.213 e. The minimum atomic E-state index is -0.333. The van der Waals surface area contributed by atoms with Crippen LogP contribution in [-0.2, 0) is 27.2 Å². The Bertz CT molecular complexity index is 1580. The van der Waals surface area contributed by atoms with E-state index < -0.39 is 0 Å². The van der Waals surface area contributed by atoms with Gasteiger partial charge in [0.1, 0.15) is 0 Å². The zero-order valence-corrected chi connectivity index (χ0v) is 30.8. The predicted molar refractivity (Wildman–Crippen MR) is 209 cm³/mol. The van der Waals surface area contributed by atoms with E-state index in [1.807, 2.05) is 13.8 Å². The van der Waals surface area contributed by atoms with Gasteiger partial charge in [0.2, 0.25) is 0 Å². The molecule has 0 nitrogen and oxygen atoms in total. The van der Waals surface area contributed by atoms with E-state index in [1.165, 1.54) is 41.9 Å². The number of benzene rings is 6. The summed E-state index contributed by atoms with van der Waals surface area (Å²) in [5.74, 6) is -0.333. The molecular weight excluding hydrogens is 624 g/mol. The summed E-state index contributed by atoms with van der Waals surface area (Å²) >= 11 is 0. The van der Waals surface area contributed by atoms with Crippen LogP contribution in [0.3, 0.4) is 0 Å². The molecule has 0 unspecified atom stereocenters. The fraction of sp³-hybridized carbons (Fsp3) is 0.156. The number of hydrogen-bond acceptors (Lipinski definition) is 0. The Labute approximate surface area is 295 Å². The Morgan fingerprint density at radius 2 is 0.604 bits per heavy atom. The first kappa shape index (κ1) is 38.1. The van der Waals surface area contributed by atoms with E-state index in [0.29, 0.717) is 0 Å². The van der Waals surface area contributed by atoms with Crippen molar-refractivity contribution in [2.24, 2.45) is 0 Å². The minimum Gasteiger partial charge on any atom is -0.213 e. The first-order valence-corrected chi connectivity index (χ1v) is 18.8. The van der Waals surface area contributed by atoms with Gasteiger partial charge in [0.25, 0.3) is 0 Å². The van der Waals surface area contributed by atoms with Crippen LogP contribution in [-0.4, -0.2) is 0 Å². The first-order valence-electron chi connectivity index (χ1n) is 16.4. The van der Waals surface area contributed by atoms with E-state index in [9.17, 15) is 4.39 Å². The quantitative estimate of drug-likeness (QED) is 0.155. The third-order valence-corrected chi connectivity index (χ3v) is 11.3. The van der Waals surface area contributed by atoms with E-state index in [-0.39, 0.29) is 33.0 Å². The Morgan fingerprint density at radius 1 is 0.417 bits per heavy atom. The second-order valence-corrected chi connectivity index (χ2v) is 15.7. The van der Waals surface area contributed by atoms with Gasteiger partial charge in [-0.15, -0.1) is 0 Å². The third kappa shape index (κ3) is 12.0. The summed E-state index contributed by atoms with van der Waals surface area (Å²) in [4.78, 5) is 8.18. The van der Waals surface area contributed by atoms with Crippen molar-refractivity contribution < 1.29 is 4.39 Å². The van der Waals surface area contributed by atoms with Crippen LogP contribution >= 0.6 is 0 Å². The van der Waals surface area contributed by atoms with Crippen molar-refractivity contribution in [2.75, 3.05) is 0 Å². The Morgan fingerprint density at radius 3 is 0.792 bits per heavy atom. The van der Waals surface area contributed by atoms with Gasteiger partial charge in [-0.3, -0.25) is 0 Å². The molecule has 3 heteroatoms. The Hall–Kier alpha value is -4.31. The number of halogens is 1. The molecule has 0 radical (unpaired) electrons. The van der Waals surface area contributed by atoms with Crippen molar-refractivity contribution >= 4 is 21.8 Å². The number of rotatable bonds is 6. The highest BCUT2D eigenvalue weighted by Gasteiger charge is 2.29. The first-order chi connectivity index (χ1) is 23.2. The van der Waals surface area contributed by atoms with E-state index in [0.717, 1.165) is 0 Å². The molecule has 246 valence electrons. The van der Waals surface area contributed by atoms with Crippen LogP contribution in [0.15, 0.2) is 218 Å². The smallest absolute Gasteiger partial charge is 0.166 e. The maximum Gasteiger partial charge on any atom is 0.166 e. The molecule has 6 aromatic rings. The van der Waals surface area contributed by atoms with Crippen molar-refractivity contribution in [1.82, 2.24) is 0 Å². The fourth-order valence-electron chi connectivity index (χ4n) is 4.69. The van der Waals surface area contributed by atoms with Crippen LogP contribution < -0.4 is 0 Å². The summed E-state index contributed by atoms with van der Waals surface area (Å²) in [6.45, 7) is 15.0. The molecule has 0 bridgehead atoms. The Kier molecular flexibility index (Phi) is 16.0. The molecule has 0 saturated carbocycles. The van der Waals surface area contributed by atoms with Crippen molar-refractivity contribution in [3.8, 4) is 0 Å². The van der Waals surface area contributed by atoms with Crippen LogP contribution in [0.1, 0.15) is 47.1 Å². The molecule has 48 heavy (non-hydrogen) atoms. The summed E-state index contributed by atoms with van der Waals surface area (Å²) in [6, 6.07) is 62.9. The maximum atomic E-state index is 10.8. The van der Waals surface area contributed by atoms with Gasteiger partial charge in [0.05, 0.1) is 27.6 Å². The maximum absolute atomic E-state index is 10.8. The lowest BCUT2D eigenvalue weighted by Gasteiger charge is -2.19. The van der Waals surface area contributed by atoms with Gasteiger partial charge < -0.3 is 0 Å². The molecule has 6 aromatic carbocycles. The van der Waals surface area contributed by atoms with E-state index in [1.54, 1.807) is 0 Å². The SMILES string of the molecule is C=C(C)F.CC.CC(C)(C)c1ccc([S+](c2ccccc2)c2ccccc2)cc1.c1ccc([S+](c2ccccc2)c2ccccc2)cc1.